The number of hydrogen-bond donors (Lipinski definition) is 0. The summed E-state index contributed by atoms with van der Waals surface area (Å²) in [5, 5.41) is 0. The molecule has 0 aliphatic rings. The van der Waals surface area contributed by atoms with Gasteiger partial charge in [-0.1, -0.05) is 36.9 Å². The highest BCUT2D eigenvalue weighted by Gasteiger charge is 2.16. The van der Waals surface area contributed by atoms with Crippen LogP contribution in [-0.4, -0.2) is 31.3 Å². The molecule has 0 spiro atoms. The first-order chi connectivity index (χ1) is 10.1. The van der Waals surface area contributed by atoms with Crippen LogP contribution in [0.5, 0.6) is 0 Å². The smallest absolute Gasteiger partial charge is 0.190 e. The number of allylic oxidation sites excluding steroid dienone is 1. The molecule has 0 radical (unpaired) electrons. The summed E-state index contributed by atoms with van der Waals surface area (Å²) in [4.78, 5) is 14.6. The molecule has 0 atom stereocenters. The molecule has 0 fully saturated rings. The summed E-state index contributed by atoms with van der Waals surface area (Å²) < 4.78 is 5.33. The Balaban J connectivity index is 2.37. The Morgan fingerprint density at radius 3 is 2.48 bits per heavy atom. The van der Waals surface area contributed by atoms with Crippen molar-refractivity contribution in [3.8, 4) is 0 Å². The van der Waals surface area contributed by atoms with Gasteiger partial charge in [0.25, 0.3) is 0 Å². The number of carbonyl (C=O) groups excluding carboxylic acids is 1. The van der Waals surface area contributed by atoms with Gasteiger partial charge in [0.15, 0.2) is 5.78 Å². The summed E-state index contributed by atoms with van der Waals surface area (Å²) in [5.41, 5.74) is 2.01. The normalized spacial score (nSPS) is 11.7. The molecule has 1 heterocycles. The second kappa shape index (κ2) is 6.86. The molecule has 1 aromatic heterocycles. The zero-order valence-corrected chi connectivity index (χ0v) is 12.4. The van der Waals surface area contributed by atoms with E-state index in [-0.39, 0.29) is 5.78 Å². The molecule has 0 aliphatic heterocycles. The summed E-state index contributed by atoms with van der Waals surface area (Å²) in [6.45, 7) is 4.44. The van der Waals surface area contributed by atoms with Crippen molar-refractivity contribution in [2.45, 2.75) is 0 Å². The van der Waals surface area contributed by atoms with Gasteiger partial charge in [-0.2, -0.15) is 0 Å². The molecule has 0 unspecified atom stereocenters. The molecular formula is C18H19NO2. The Morgan fingerprint density at radius 1 is 1.19 bits per heavy atom. The Hall–Kier alpha value is -2.39. The van der Waals surface area contributed by atoms with Crippen molar-refractivity contribution in [1.82, 2.24) is 4.90 Å². The lowest BCUT2D eigenvalue weighted by molar-refractivity contribution is -0.110. The lowest BCUT2D eigenvalue weighted by Gasteiger charge is -2.13. The molecule has 0 amide bonds. The molecular weight excluding hydrogens is 262 g/mol. The number of likely N-dealkylation sites (N-methyl/N-ethyl adjacent to an activating group) is 1. The van der Waals surface area contributed by atoms with Crippen LogP contribution in [0.15, 0.2) is 65.3 Å². The maximum atomic E-state index is 12.7. The third kappa shape index (κ3) is 4.04. The van der Waals surface area contributed by atoms with Crippen LogP contribution in [0.2, 0.25) is 0 Å². The monoisotopic (exact) mass is 281 g/mol. The van der Waals surface area contributed by atoms with Crippen LogP contribution in [0.4, 0.5) is 0 Å². The van der Waals surface area contributed by atoms with E-state index in [0.717, 1.165) is 5.56 Å². The zero-order chi connectivity index (χ0) is 15.2. The molecule has 108 valence electrons. The van der Waals surface area contributed by atoms with Gasteiger partial charge in [0, 0.05) is 17.7 Å². The Morgan fingerprint density at radius 2 is 1.90 bits per heavy atom. The maximum Gasteiger partial charge on any atom is 0.190 e. The van der Waals surface area contributed by atoms with Gasteiger partial charge in [0.05, 0.1) is 6.26 Å². The minimum absolute atomic E-state index is 0.0636. The molecule has 3 nitrogen and oxygen atoms in total. The summed E-state index contributed by atoms with van der Waals surface area (Å²) in [5.74, 6) is 0.589. The summed E-state index contributed by atoms with van der Waals surface area (Å²) in [6, 6.07) is 13.2. The minimum atomic E-state index is -0.0636. The van der Waals surface area contributed by atoms with Crippen molar-refractivity contribution in [1.29, 1.82) is 0 Å². The molecule has 0 N–H and O–H groups in total. The van der Waals surface area contributed by atoms with E-state index in [0.29, 0.717) is 23.5 Å². The van der Waals surface area contributed by atoms with E-state index in [1.807, 2.05) is 55.4 Å². The van der Waals surface area contributed by atoms with E-state index in [4.69, 9.17) is 4.42 Å². The van der Waals surface area contributed by atoms with E-state index >= 15 is 0 Å². The second-order valence-electron chi connectivity index (χ2n) is 5.11. The average molecular weight is 281 g/mol. The van der Waals surface area contributed by atoms with Crippen LogP contribution >= 0.6 is 0 Å². The Labute approximate surface area is 125 Å². The molecule has 1 aromatic carbocycles. The molecule has 0 bridgehead atoms. The number of hydrogen-bond acceptors (Lipinski definition) is 3. The van der Waals surface area contributed by atoms with Gasteiger partial charge in [0.2, 0.25) is 0 Å². The number of nitrogens with zero attached hydrogens (tertiary/aromatic N) is 1. The van der Waals surface area contributed by atoms with Crippen molar-refractivity contribution < 1.29 is 9.21 Å². The lowest BCUT2D eigenvalue weighted by Crippen LogP contribution is -2.19. The molecule has 2 aromatic rings. The molecule has 0 saturated heterocycles. The highest BCUT2D eigenvalue weighted by atomic mass is 16.3. The fraction of sp³-hybridized carbons (Fsp3) is 0.167. The van der Waals surface area contributed by atoms with Crippen LogP contribution in [0.25, 0.3) is 11.6 Å². The number of carbonyl (C=O) groups is 1. The van der Waals surface area contributed by atoms with Gasteiger partial charge >= 0.3 is 0 Å². The summed E-state index contributed by atoms with van der Waals surface area (Å²) in [6.07, 6.45) is 3.35. The largest absolute Gasteiger partial charge is 0.465 e. The molecule has 3 heteroatoms. The molecule has 0 saturated carbocycles. The first-order valence-corrected chi connectivity index (χ1v) is 6.76. The number of Topliss-reactive ketones (excluding diaryl/α,β-unsaturated/α-hetero) is 1. The SMILES string of the molecule is C=C(CN(C)C)C(=O)C(=Cc1ccco1)c1ccccc1. The Kier molecular flexibility index (Phi) is 4.90. The quantitative estimate of drug-likeness (QED) is 0.760. The summed E-state index contributed by atoms with van der Waals surface area (Å²) >= 11 is 0. The van der Waals surface area contributed by atoms with Gasteiger partial charge in [-0.3, -0.25) is 4.79 Å². The van der Waals surface area contributed by atoms with Gasteiger partial charge in [-0.15, -0.1) is 0 Å². The van der Waals surface area contributed by atoms with E-state index in [1.165, 1.54) is 0 Å². The van der Waals surface area contributed by atoms with Crippen molar-refractivity contribution in [3.05, 3.63) is 72.2 Å². The minimum Gasteiger partial charge on any atom is -0.465 e. The number of furan rings is 1. The number of benzene rings is 1. The highest BCUT2D eigenvalue weighted by Crippen LogP contribution is 2.22. The average Bonchev–Trinajstić information content (AvgIpc) is 2.97. The van der Waals surface area contributed by atoms with Crippen LogP contribution < -0.4 is 0 Å². The van der Waals surface area contributed by atoms with Crippen LogP contribution in [0, 0.1) is 0 Å². The fourth-order valence-electron chi connectivity index (χ4n) is 2.06. The van der Waals surface area contributed by atoms with Crippen LogP contribution in [-0.2, 0) is 4.79 Å². The van der Waals surface area contributed by atoms with E-state index in [1.54, 1.807) is 18.4 Å². The number of rotatable bonds is 6. The standard InChI is InChI=1S/C18H19NO2/c1-14(13-19(2)3)18(20)17(12-16-10-7-11-21-16)15-8-5-4-6-9-15/h4-12H,1,13H2,2-3H3. The van der Waals surface area contributed by atoms with E-state index < -0.39 is 0 Å². The van der Waals surface area contributed by atoms with Crippen LogP contribution in [0.1, 0.15) is 11.3 Å². The third-order valence-corrected chi connectivity index (χ3v) is 2.99. The van der Waals surface area contributed by atoms with Gasteiger partial charge in [-0.25, -0.2) is 0 Å². The van der Waals surface area contributed by atoms with E-state index in [2.05, 4.69) is 6.58 Å². The van der Waals surface area contributed by atoms with Crippen molar-refractivity contribution in [2.75, 3.05) is 20.6 Å². The van der Waals surface area contributed by atoms with Gasteiger partial charge < -0.3 is 9.32 Å². The van der Waals surface area contributed by atoms with Crippen molar-refractivity contribution in [3.63, 3.8) is 0 Å². The first-order valence-electron chi connectivity index (χ1n) is 6.76. The van der Waals surface area contributed by atoms with E-state index in [9.17, 15) is 4.79 Å². The Bertz CT molecular complexity index is 637. The van der Waals surface area contributed by atoms with Crippen molar-refractivity contribution in [2.24, 2.45) is 0 Å². The second-order valence-corrected chi connectivity index (χ2v) is 5.11. The van der Waals surface area contributed by atoms with Crippen molar-refractivity contribution >= 4 is 17.4 Å². The van der Waals surface area contributed by atoms with Gasteiger partial charge in [-0.05, 0) is 37.9 Å². The summed E-state index contributed by atoms with van der Waals surface area (Å²) in [7, 11) is 3.83. The lowest BCUT2D eigenvalue weighted by atomic mass is 9.96. The third-order valence-electron chi connectivity index (χ3n) is 2.99. The predicted molar refractivity (Wildman–Crippen MR) is 85.7 cm³/mol. The topological polar surface area (TPSA) is 33.5 Å². The molecule has 0 aliphatic carbocycles. The zero-order valence-electron chi connectivity index (χ0n) is 12.4. The molecule has 21 heavy (non-hydrogen) atoms. The fourth-order valence-corrected chi connectivity index (χ4v) is 2.06. The first kappa shape index (κ1) is 15.0. The van der Waals surface area contributed by atoms with Crippen LogP contribution in [0.3, 0.4) is 0 Å². The maximum absolute atomic E-state index is 12.7. The predicted octanol–water partition coefficient (Wildman–Crippen LogP) is 3.51. The van der Waals surface area contributed by atoms with Gasteiger partial charge in [0.1, 0.15) is 5.76 Å². The highest BCUT2D eigenvalue weighted by molar-refractivity contribution is 6.32. The molecule has 2 rings (SSSR count). The number of ketones is 1.